The number of amides is 1. The molecule has 0 radical (unpaired) electrons. The molecular formula is C27H26N4O2. The zero-order valence-corrected chi connectivity index (χ0v) is 18.7. The number of H-pyrrole nitrogens is 1. The lowest BCUT2D eigenvalue weighted by Gasteiger charge is -2.07. The molecule has 0 saturated heterocycles. The van der Waals surface area contributed by atoms with Crippen LogP contribution in [0.2, 0.25) is 0 Å². The van der Waals surface area contributed by atoms with Crippen molar-refractivity contribution in [2.45, 2.75) is 26.4 Å². The Morgan fingerprint density at radius 2 is 1.82 bits per heavy atom. The van der Waals surface area contributed by atoms with Crippen LogP contribution in [-0.2, 0) is 6.61 Å². The molecule has 1 amide bonds. The van der Waals surface area contributed by atoms with Crippen molar-refractivity contribution in [2.24, 2.45) is 5.10 Å². The monoisotopic (exact) mass is 438 g/mol. The molecule has 1 heterocycles. The van der Waals surface area contributed by atoms with Crippen LogP contribution in [0, 0.1) is 0 Å². The van der Waals surface area contributed by atoms with Gasteiger partial charge in [-0.1, -0.05) is 80.6 Å². The predicted molar refractivity (Wildman–Crippen MR) is 130 cm³/mol. The summed E-state index contributed by atoms with van der Waals surface area (Å²) < 4.78 is 5.89. The molecule has 0 bridgehead atoms. The third-order valence-electron chi connectivity index (χ3n) is 5.18. The second-order valence-corrected chi connectivity index (χ2v) is 7.99. The van der Waals surface area contributed by atoms with Crippen molar-refractivity contribution in [1.29, 1.82) is 0 Å². The smallest absolute Gasteiger partial charge is 0.289 e. The van der Waals surface area contributed by atoms with Gasteiger partial charge in [0.05, 0.1) is 11.9 Å². The zero-order valence-electron chi connectivity index (χ0n) is 18.7. The molecule has 0 unspecified atom stereocenters. The number of aromatic amines is 1. The first-order valence-electron chi connectivity index (χ1n) is 10.8. The molecule has 2 N–H and O–H groups in total. The summed E-state index contributed by atoms with van der Waals surface area (Å²) in [7, 11) is 0. The summed E-state index contributed by atoms with van der Waals surface area (Å²) >= 11 is 0. The lowest BCUT2D eigenvalue weighted by Crippen LogP contribution is -2.18. The van der Waals surface area contributed by atoms with E-state index in [1.807, 2.05) is 66.7 Å². The number of carbonyl (C=O) groups excluding carboxylic acids is 1. The van der Waals surface area contributed by atoms with Crippen molar-refractivity contribution in [3.63, 3.8) is 0 Å². The van der Waals surface area contributed by atoms with Crippen molar-refractivity contribution >= 4 is 12.1 Å². The van der Waals surface area contributed by atoms with Crippen LogP contribution in [0.1, 0.15) is 46.9 Å². The highest BCUT2D eigenvalue weighted by Gasteiger charge is 2.11. The standard InChI is InChI=1S/C27H26N4O2/c1-19(2)22-13-11-20(12-14-22)17-28-31-27(32)26-16-25(29-30-26)23-9-6-10-24(15-23)33-18-21-7-4-3-5-8-21/h3-17,19H,18H2,1-2H3,(H,29,30)(H,31,32)/b28-17-. The summed E-state index contributed by atoms with van der Waals surface area (Å²) in [4.78, 5) is 12.4. The average Bonchev–Trinajstić information content (AvgIpc) is 3.34. The van der Waals surface area contributed by atoms with Gasteiger partial charge >= 0.3 is 0 Å². The fourth-order valence-electron chi connectivity index (χ4n) is 3.26. The lowest BCUT2D eigenvalue weighted by molar-refractivity contribution is 0.0950. The molecule has 0 spiro atoms. The lowest BCUT2D eigenvalue weighted by atomic mass is 10.0. The van der Waals surface area contributed by atoms with Gasteiger partial charge in [0, 0.05) is 5.56 Å². The maximum atomic E-state index is 12.4. The zero-order chi connectivity index (χ0) is 23.0. The van der Waals surface area contributed by atoms with E-state index in [4.69, 9.17) is 4.74 Å². The third-order valence-corrected chi connectivity index (χ3v) is 5.18. The van der Waals surface area contributed by atoms with Gasteiger partial charge in [-0.25, -0.2) is 5.43 Å². The molecule has 4 rings (SSSR count). The summed E-state index contributed by atoms with van der Waals surface area (Å²) in [5.74, 6) is 0.847. The van der Waals surface area contributed by atoms with Crippen molar-refractivity contribution in [3.8, 4) is 17.0 Å². The Kier molecular flexibility index (Phi) is 6.95. The Balaban J connectivity index is 1.36. The van der Waals surface area contributed by atoms with E-state index < -0.39 is 0 Å². The van der Waals surface area contributed by atoms with Gasteiger partial charge < -0.3 is 4.74 Å². The van der Waals surface area contributed by atoms with E-state index in [-0.39, 0.29) is 5.91 Å². The molecule has 6 nitrogen and oxygen atoms in total. The highest BCUT2D eigenvalue weighted by atomic mass is 16.5. The predicted octanol–water partition coefficient (Wildman–Crippen LogP) is 5.54. The van der Waals surface area contributed by atoms with E-state index in [0.717, 1.165) is 22.4 Å². The maximum absolute atomic E-state index is 12.4. The molecule has 3 aromatic carbocycles. The minimum Gasteiger partial charge on any atom is -0.489 e. The number of rotatable bonds is 8. The molecular weight excluding hydrogens is 412 g/mol. The summed E-state index contributed by atoms with van der Waals surface area (Å²) in [6.45, 7) is 4.78. The maximum Gasteiger partial charge on any atom is 0.289 e. The summed E-state index contributed by atoms with van der Waals surface area (Å²) in [5, 5.41) is 11.1. The largest absolute Gasteiger partial charge is 0.489 e. The van der Waals surface area contributed by atoms with Crippen LogP contribution in [0.15, 0.2) is 90.0 Å². The van der Waals surface area contributed by atoms with Crippen LogP contribution in [0.3, 0.4) is 0 Å². The van der Waals surface area contributed by atoms with E-state index in [1.54, 1.807) is 12.3 Å². The average molecular weight is 439 g/mol. The van der Waals surface area contributed by atoms with Crippen LogP contribution in [0.25, 0.3) is 11.3 Å². The van der Waals surface area contributed by atoms with Crippen molar-refractivity contribution < 1.29 is 9.53 Å². The number of hydrogen-bond donors (Lipinski definition) is 2. The van der Waals surface area contributed by atoms with Gasteiger partial charge in [-0.3, -0.25) is 9.89 Å². The Labute approximate surface area is 193 Å². The quantitative estimate of drug-likeness (QED) is 0.280. The normalized spacial score (nSPS) is 11.1. The fraction of sp³-hybridized carbons (Fsp3) is 0.148. The Bertz CT molecular complexity index is 1230. The van der Waals surface area contributed by atoms with Gasteiger partial charge in [0.2, 0.25) is 0 Å². The number of hydrazone groups is 1. The number of benzene rings is 3. The minimum atomic E-state index is -0.361. The number of hydrogen-bond acceptors (Lipinski definition) is 4. The van der Waals surface area contributed by atoms with Crippen LogP contribution in [0.5, 0.6) is 5.75 Å². The molecule has 4 aromatic rings. The molecule has 0 fully saturated rings. The van der Waals surface area contributed by atoms with Gasteiger partial charge in [-0.05, 0) is 40.8 Å². The number of ether oxygens (including phenoxy) is 1. The van der Waals surface area contributed by atoms with E-state index in [1.165, 1.54) is 5.56 Å². The van der Waals surface area contributed by atoms with E-state index >= 15 is 0 Å². The Hall–Kier alpha value is -4.19. The first kappa shape index (κ1) is 22.0. The molecule has 0 atom stereocenters. The Morgan fingerprint density at radius 1 is 1.03 bits per heavy atom. The van der Waals surface area contributed by atoms with Crippen molar-refractivity contribution in [3.05, 3.63) is 107 Å². The second-order valence-electron chi connectivity index (χ2n) is 7.99. The number of aromatic nitrogens is 2. The van der Waals surface area contributed by atoms with Crippen LogP contribution < -0.4 is 10.2 Å². The molecule has 0 aliphatic carbocycles. The summed E-state index contributed by atoms with van der Waals surface area (Å²) in [6, 6.07) is 27.4. The van der Waals surface area contributed by atoms with E-state index in [0.29, 0.717) is 23.9 Å². The third kappa shape index (κ3) is 5.95. The highest BCUT2D eigenvalue weighted by molar-refractivity contribution is 5.94. The first-order valence-corrected chi connectivity index (χ1v) is 10.8. The van der Waals surface area contributed by atoms with Crippen molar-refractivity contribution in [2.75, 3.05) is 0 Å². The minimum absolute atomic E-state index is 0.327. The number of carbonyl (C=O) groups is 1. The van der Waals surface area contributed by atoms with Gasteiger partial charge in [0.1, 0.15) is 18.1 Å². The molecule has 166 valence electrons. The number of nitrogens with zero attached hydrogens (tertiary/aromatic N) is 2. The van der Waals surface area contributed by atoms with Gasteiger partial charge in [0.25, 0.3) is 5.91 Å². The summed E-state index contributed by atoms with van der Waals surface area (Å²) in [6.07, 6.45) is 1.62. The van der Waals surface area contributed by atoms with E-state index in [2.05, 4.69) is 46.7 Å². The van der Waals surface area contributed by atoms with Gasteiger partial charge in [0.15, 0.2) is 0 Å². The molecule has 6 heteroatoms. The molecule has 0 aliphatic heterocycles. The fourth-order valence-corrected chi connectivity index (χ4v) is 3.26. The van der Waals surface area contributed by atoms with Crippen LogP contribution >= 0.6 is 0 Å². The number of nitrogens with one attached hydrogen (secondary N) is 2. The molecule has 0 saturated carbocycles. The summed E-state index contributed by atoms with van der Waals surface area (Å²) in [5.41, 5.74) is 7.63. The SMILES string of the molecule is CC(C)c1ccc(/C=N\NC(=O)c2cc(-c3cccc(OCc4ccccc4)c3)n[nH]2)cc1. The van der Waals surface area contributed by atoms with Crippen molar-refractivity contribution in [1.82, 2.24) is 15.6 Å². The topological polar surface area (TPSA) is 79.4 Å². The first-order chi connectivity index (χ1) is 16.1. The molecule has 0 aliphatic rings. The second kappa shape index (κ2) is 10.4. The van der Waals surface area contributed by atoms with E-state index in [9.17, 15) is 4.79 Å². The molecule has 33 heavy (non-hydrogen) atoms. The van der Waals surface area contributed by atoms with Gasteiger partial charge in [-0.15, -0.1) is 0 Å². The molecule has 1 aromatic heterocycles. The van der Waals surface area contributed by atoms with Gasteiger partial charge in [-0.2, -0.15) is 10.2 Å². The van der Waals surface area contributed by atoms with Crippen LogP contribution in [-0.4, -0.2) is 22.3 Å². The highest BCUT2D eigenvalue weighted by Crippen LogP contribution is 2.23. The Morgan fingerprint density at radius 3 is 2.58 bits per heavy atom. The van der Waals surface area contributed by atoms with Crippen LogP contribution in [0.4, 0.5) is 0 Å².